The average Bonchev–Trinajstić information content (AvgIpc) is 3.14. The van der Waals surface area contributed by atoms with Gasteiger partial charge in [0, 0.05) is 37.9 Å². The van der Waals surface area contributed by atoms with Crippen molar-refractivity contribution in [1.82, 2.24) is 0 Å². The first-order valence-electron chi connectivity index (χ1n) is 11.1. The van der Waals surface area contributed by atoms with Crippen LogP contribution in [-0.4, -0.2) is 0 Å². The monoisotopic (exact) mass is 480 g/mol. The highest BCUT2D eigenvalue weighted by molar-refractivity contribution is 8.28. The van der Waals surface area contributed by atoms with Crippen LogP contribution in [0.4, 0.5) is 11.4 Å². The Labute approximate surface area is 202 Å². The summed E-state index contributed by atoms with van der Waals surface area (Å²) in [6.07, 6.45) is 4.19. The molecule has 0 amide bonds. The fourth-order valence-electron chi connectivity index (χ4n) is 5.06. The van der Waals surface area contributed by atoms with Crippen LogP contribution in [0.15, 0.2) is 100 Å². The van der Waals surface area contributed by atoms with E-state index in [1.165, 1.54) is 21.8 Å². The van der Waals surface area contributed by atoms with Crippen LogP contribution in [0.25, 0.3) is 31.5 Å². The van der Waals surface area contributed by atoms with Gasteiger partial charge >= 0.3 is 0 Å². The number of hydrogen-bond donors (Lipinski definition) is 0. The Hall–Kier alpha value is -3.59. The van der Waals surface area contributed by atoms with E-state index in [4.69, 9.17) is 22.9 Å². The Morgan fingerprint density at radius 2 is 1.18 bits per heavy atom. The maximum absolute atomic E-state index is 8.99. The van der Waals surface area contributed by atoms with Crippen LogP contribution < -0.4 is 5.30 Å². The summed E-state index contributed by atoms with van der Waals surface area (Å²) < 4.78 is 0. The molecule has 1 heterocycles. The van der Waals surface area contributed by atoms with Gasteiger partial charge < -0.3 is 0 Å². The fraction of sp³-hybridized carbons (Fsp3) is 0.154. The first-order chi connectivity index (χ1) is 16.7. The third kappa shape index (κ3) is 3.75. The molecular weight excluding hydrogens is 459 g/mol. The van der Waals surface area contributed by atoms with Gasteiger partial charge in [0.1, 0.15) is 0 Å². The highest BCUT2D eigenvalue weighted by Crippen LogP contribution is 2.75. The number of benzene rings is 3. The van der Waals surface area contributed by atoms with Gasteiger partial charge in [-0.05, 0) is 76.5 Å². The topological polar surface area (TPSA) is 97.5 Å². The van der Waals surface area contributed by atoms with E-state index in [9.17, 15) is 0 Å². The van der Waals surface area contributed by atoms with E-state index in [1.54, 1.807) is 0 Å². The lowest BCUT2D eigenvalue weighted by Gasteiger charge is -2.26. The molecule has 0 bridgehead atoms. The number of allylic oxidation sites excluding steroid dienone is 2. The first kappa shape index (κ1) is 22.2. The Bertz CT molecular complexity index is 1400. The standard InChI is InChI=1S/C26H21N6PS/c27-31-29-20-10-6-8-18(16-20)25-23-14-4-5-15-24(23)26(19-9-7-11-21(17-19)30-32-28)33(25,34)22-12-2-1-3-13-22/h1-3,6-13,16-17H,4-5,14-15H2. The van der Waals surface area contributed by atoms with Crippen molar-refractivity contribution >= 4 is 45.2 Å². The van der Waals surface area contributed by atoms with Crippen molar-refractivity contribution in [3.05, 3.63) is 122 Å². The van der Waals surface area contributed by atoms with Crippen LogP contribution in [0.1, 0.15) is 36.8 Å². The molecule has 1 aliphatic carbocycles. The minimum Gasteiger partial charge on any atom is -0.0825 e. The highest BCUT2D eigenvalue weighted by Gasteiger charge is 2.42. The Morgan fingerprint density at radius 3 is 1.65 bits per heavy atom. The molecular formula is C26H21N6PS. The normalized spacial score (nSPS) is 19.3. The van der Waals surface area contributed by atoms with Crippen molar-refractivity contribution in [2.24, 2.45) is 10.2 Å². The lowest BCUT2D eigenvalue weighted by atomic mass is 9.87. The van der Waals surface area contributed by atoms with Crippen LogP contribution >= 0.6 is 6.04 Å². The smallest absolute Gasteiger partial charge is 0.0396 e. The summed E-state index contributed by atoms with van der Waals surface area (Å²) in [5, 5.41) is 11.2. The van der Waals surface area contributed by atoms with Crippen molar-refractivity contribution in [3.63, 3.8) is 0 Å². The number of azide groups is 2. The molecule has 0 atom stereocenters. The molecule has 3 aromatic carbocycles. The van der Waals surface area contributed by atoms with E-state index >= 15 is 0 Å². The molecule has 8 heteroatoms. The molecule has 1 aliphatic heterocycles. The van der Waals surface area contributed by atoms with Gasteiger partial charge in [-0.1, -0.05) is 88.8 Å². The Balaban J connectivity index is 1.83. The van der Waals surface area contributed by atoms with Crippen LogP contribution in [-0.2, 0) is 11.8 Å². The zero-order chi connectivity index (χ0) is 23.5. The van der Waals surface area contributed by atoms with E-state index in [0.717, 1.165) is 42.1 Å². The summed E-state index contributed by atoms with van der Waals surface area (Å²) in [5.74, 6) is 0. The maximum atomic E-state index is 8.99. The number of rotatable bonds is 5. The minimum absolute atomic E-state index is 0.582. The van der Waals surface area contributed by atoms with Crippen molar-refractivity contribution in [2.75, 3.05) is 0 Å². The van der Waals surface area contributed by atoms with Gasteiger partial charge in [0.05, 0.1) is 0 Å². The van der Waals surface area contributed by atoms with Crippen LogP contribution in [0.2, 0.25) is 0 Å². The number of hydrogen-bond acceptors (Lipinski definition) is 3. The van der Waals surface area contributed by atoms with E-state index in [2.05, 4.69) is 44.3 Å². The molecule has 0 unspecified atom stereocenters. The van der Waals surface area contributed by atoms with E-state index in [0.29, 0.717) is 11.4 Å². The van der Waals surface area contributed by atoms with Gasteiger partial charge in [0.15, 0.2) is 0 Å². The zero-order valence-corrected chi connectivity index (χ0v) is 20.1. The van der Waals surface area contributed by atoms with Crippen molar-refractivity contribution in [1.29, 1.82) is 0 Å². The summed E-state index contributed by atoms with van der Waals surface area (Å²) in [7, 11) is 0. The quantitative estimate of drug-likeness (QED) is 0.155. The van der Waals surface area contributed by atoms with Crippen LogP contribution in [0.5, 0.6) is 0 Å². The second-order valence-electron chi connectivity index (χ2n) is 8.29. The highest BCUT2D eigenvalue weighted by atomic mass is 32.4. The zero-order valence-electron chi connectivity index (χ0n) is 18.4. The number of nitrogens with zero attached hydrogens (tertiary/aromatic N) is 6. The molecule has 0 radical (unpaired) electrons. The lowest BCUT2D eigenvalue weighted by Crippen LogP contribution is -2.06. The largest absolute Gasteiger partial charge is 0.0825 e. The predicted molar refractivity (Wildman–Crippen MR) is 143 cm³/mol. The molecule has 1 saturated carbocycles. The van der Waals surface area contributed by atoms with Gasteiger partial charge in [0.25, 0.3) is 0 Å². The second-order valence-corrected chi connectivity index (χ2v) is 12.6. The summed E-state index contributed by atoms with van der Waals surface area (Å²) in [4.78, 5) is 5.96. The van der Waals surface area contributed by atoms with Gasteiger partial charge in [-0.15, -0.1) is 0 Å². The van der Waals surface area contributed by atoms with Crippen LogP contribution in [0.3, 0.4) is 0 Å². The maximum Gasteiger partial charge on any atom is 0.0396 e. The van der Waals surface area contributed by atoms with Crippen molar-refractivity contribution in [3.8, 4) is 0 Å². The minimum atomic E-state index is -2.45. The van der Waals surface area contributed by atoms with Gasteiger partial charge in [-0.3, -0.25) is 0 Å². The molecule has 3 aromatic rings. The van der Waals surface area contributed by atoms with E-state index in [-0.39, 0.29) is 0 Å². The average molecular weight is 481 g/mol. The van der Waals surface area contributed by atoms with Gasteiger partial charge in [-0.2, -0.15) is 0 Å². The third-order valence-corrected chi connectivity index (χ3v) is 11.4. The van der Waals surface area contributed by atoms with Gasteiger partial charge in [-0.25, -0.2) is 0 Å². The summed E-state index contributed by atoms with van der Waals surface area (Å²) in [5.41, 5.74) is 23.9. The first-order valence-corrected chi connectivity index (χ1v) is 13.9. The van der Waals surface area contributed by atoms with Gasteiger partial charge in [0.2, 0.25) is 0 Å². The summed E-state index contributed by atoms with van der Waals surface area (Å²) >= 11 is 6.76. The van der Waals surface area contributed by atoms with Crippen molar-refractivity contribution < 1.29 is 0 Å². The fourth-order valence-corrected chi connectivity index (χ4v) is 10.3. The third-order valence-electron chi connectivity index (χ3n) is 6.35. The molecule has 1 fully saturated rings. The lowest BCUT2D eigenvalue weighted by molar-refractivity contribution is 0.685. The van der Waals surface area contributed by atoms with Crippen LogP contribution in [0, 0.1) is 0 Å². The molecule has 0 spiro atoms. The second kappa shape index (κ2) is 9.34. The SMILES string of the molecule is [N-]=[N+]=Nc1cccc(C2=C3CCCCC3=C(c3cccc(N=[N+]=[N-])c3)P2(=S)c2ccccc2)c1. The molecule has 6 nitrogen and oxygen atoms in total. The predicted octanol–water partition coefficient (Wildman–Crippen LogP) is 9.09. The molecule has 166 valence electrons. The number of fused-ring (bicyclic) bond motifs is 1. The molecule has 34 heavy (non-hydrogen) atoms. The molecule has 0 saturated heterocycles. The van der Waals surface area contributed by atoms with E-state index in [1.807, 2.05) is 54.6 Å². The van der Waals surface area contributed by atoms with Crippen molar-refractivity contribution in [2.45, 2.75) is 25.7 Å². The molecule has 5 rings (SSSR count). The molecule has 0 aromatic heterocycles. The Kier molecular flexibility index (Phi) is 6.10. The summed E-state index contributed by atoms with van der Waals surface area (Å²) in [6, 6.07) is 23.5. The Morgan fingerprint density at radius 1 is 0.676 bits per heavy atom. The molecule has 2 aliphatic rings. The summed E-state index contributed by atoms with van der Waals surface area (Å²) in [6.45, 7) is 0. The van der Waals surface area contributed by atoms with E-state index < -0.39 is 6.04 Å². The molecule has 0 N–H and O–H groups in total.